The second-order valence-corrected chi connectivity index (χ2v) is 8.36. The first-order chi connectivity index (χ1) is 12.0. The Labute approximate surface area is 178 Å². The van der Waals surface area contributed by atoms with Crippen LogP contribution in [0, 0.1) is 5.41 Å². The highest BCUT2D eigenvalue weighted by Gasteiger charge is 2.42. The van der Waals surface area contributed by atoms with Crippen molar-refractivity contribution in [2.75, 3.05) is 45.9 Å². The summed E-state index contributed by atoms with van der Waals surface area (Å²) in [5.74, 6) is 0.968. The Kier molecular flexibility index (Phi) is 10.8. The van der Waals surface area contributed by atoms with Gasteiger partial charge in [0.25, 0.3) is 0 Å². The van der Waals surface area contributed by atoms with Crippen molar-refractivity contribution in [1.29, 1.82) is 0 Å². The summed E-state index contributed by atoms with van der Waals surface area (Å²) in [4.78, 5) is 7.51. The number of guanidine groups is 1. The maximum Gasteiger partial charge on any atom is 0.191 e. The Hall–Kier alpha value is -0.0800. The van der Waals surface area contributed by atoms with E-state index in [9.17, 15) is 0 Å². The number of likely N-dealkylation sites (tertiary alicyclic amines) is 1. The first-order valence-corrected chi connectivity index (χ1v) is 10.4. The molecule has 2 aliphatic rings. The molecule has 1 saturated heterocycles. The van der Waals surface area contributed by atoms with Crippen LogP contribution in [0.5, 0.6) is 0 Å². The summed E-state index contributed by atoms with van der Waals surface area (Å²) in [5, 5.41) is 7.01. The van der Waals surface area contributed by atoms with Crippen LogP contribution in [0.25, 0.3) is 0 Å². The maximum atomic E-state index is 5.54. The summed E-state index contributed by atoms with van der Waals surface area (Å²) in [6.07, 6.45) is 7.81. The summed E-state index contributed by atoms with van der Waals surface area (Å²) in [7, 11) is 0. The normalized spacial score (nSPS) is 20.4. The molecular formula is C20H41IN4O. The summed E-state index contributed by atoms with van der Waals surface area (Å²) >= 11 is 0. The van der Waals surface area contributed by atoms with Gasteiger partial charge in [-0.25, -0.2) is 0 Å². The van der Waals surface area contributed by atoms with E-state index in [1.807, 2.05) is 0 Å². The number of nitrogens with one attached hydrogen (secondary N) is 2. The van der Waals surface area contributed by atoms with E-state index < -0.39 is 0 Å². The average Bonchev–Trinajstić information content (AvgIpc) is 3.39. The fourth-order valence-corrected chi connectivity index (χ4v) is 3.61. The zero-order valence-corrected chi connectivity index (χ0v) is 19.7. The lowest BCUT2D eigenvalue weighted by Crippen LogP contribution is -2.50. The number of rotatable bonds is 10. The minimum atomic E-state index is 0. The molecule has 0 atom stereocenters. The number of aliphatic imine (C=N–C) groups is 1. The van der Waals surface area contributed by atoms with E-state index in [2.05, 4.69) is 43.2 Å². The van der Waals surface area contributed by atoms with E-state index in [0.717, 1.165) is 45.2 Å². The van der Waals surface area contributed by atoms with Crippen molar-refractivity contribution in [3.05, 3.63) is 0 Å². The zero-order chi connectivity index (χ0) is 18.2. The molecule has 0 unspecified atom stereocenters. The van der Waals surface area contributed by atoms with Crippen molar-refractivity contribution >= 4 is 29.9 Å². The van der Waals surface area contributed by atoms with Crippen LogP contribution in [0.3, 0.4) is 0 Å². The lowest BCUT2D eigenvalue weighted by atomic mass is 9.99. The van der Waals surface area contributed by atoms with E-state index >= 15 is 0 Å². The highest BCUT2D eigenvalue weighted by molar-refractivity contribution is 14.0. The molecule has 6 heteroatoms. The fourth-order valence-electron chi connectivity index (χ4n) is 3.61. The number of halogens is 1. The van der Waals surface area contributed by atoms with Gasteiger partial charge in [0.05, 0.1) is 6.54 Å². The molecule has 2 fully saturated rings. The smallest absolute Gasteiger partial charge is 0.191 e. The maximum absolute atomic E-state index is 5.54. The number of hydrogen-bond acceptors (Lipinski definition) is 3. The number of piperidine rings is 1. The van der Waals surface area contributed by atoms with Crippen molar-refractivity contribution in [3.8, 4) is 0 Å². The zero-order valence-electron chi connectivity index (χ0n) is 17.4. The second-order valence-electron chi connectivity index (χ2n) is 8.36. The van der Waals surface area contributed by atoms with Crippen LogP contribution in [0.15, 0.2) is 4.99 Å². The van der Waals surface area contributed by atoms with Crippen molar-refractivity contribution < 1.29 is 4.74 Å². The van der Waals surface area contributed by atoms with Gasteiger partial charge in [0.2, 0.25) is 0 Å². The van der Waals surface area contributed by atoms with E-state index in [0.29, 0.717) is 5.41 Å². The van der Waals surface area contributed by atoms with Crippen LogP contribution in [0.1, 0.15) is 66.2 Å². The highest BCUT2D eigenvalue weighted by Crippen LogP contribution is 2.48. The third kappa shape index (κ3) is 7.89. The summed E-state index contributed by atoms with van der Waals surface area (Å²) in [6, 6.07) is 0. The van der Waals surface area contributed by atoms with E-state index in [4.69, 9.17) is 9.73 Å². The number of hydrogen-bond donors (Lipinski definition) is 2. The molecule has 1 heterocycles. The third-order valence-corrected chi connectivity index (χ3v) is 5.75. The quantitative estimate of drug-likeness (QED) is 0.217. The highest BCUT2D eigenvalue weighted by atomic mass is 127. The monoisotopic (exact) mass is 480 g/mol. The predicted octanol–water partition coefficient (Wildman–Crippen LogP) is 3.63. The third-order valence-electron chi connectivity index (χ3n) is 5.75. The van der Waals surface area contributed by atoms with Crippen LogP contribution in [-0.2, 0) is 4.74 Å². The minimum Gasteiger partial charge on any atom is -0.382 e. The molecule has 1 aliphatic heterocycles. The van der Waals surface area contributed by atoms with E-state index in [-0.39, 0.29) is 29.5 Å². The lowest BCUT2D eigenvalue weighted by molar-refractivity contribution is 0.102. The molecule has 0 radical (unpaired) electrons. The Morgan fingerprint density at radius 3 is 2.38 bits per heavy atom. The Balaban J connectivity index is 0.00000338. The molecule has 0 aromatic heterocycles. The predicted molar refractivity (Wildman–Crippen MR) is 122 cm³/mol. The molecule has 0 bridgehead atoms. The molecule has 1 saturated carbocycles. The SMILES string of the molecule is CCNC(=NCC(C)(C)N1CCCCC1)NCC1(CCOCC)CC1.I. The summed E-state index contributed by atoms with van der Waals surface area (Å²) in [5.41, 5.74) is 0.572. The van der Waals surface area contributed by atoms with Crippen molar-refractivity contribution in [3.63, 3.8) is 0 Å². The molecular weight excluding hydrogens is 439 g/mol. The number of ether oxygens (including phenoxy) is 1. The summed E-state index contributed by atoms with van der Waals surface area (Å²) < 4.78 is 5.54. The molecule has 0 amide bonds. The second kappa shape index (κ2) is 11.7. The van der Waals surface area contributed by atoms with Crippen LogP contribution >= 0.6 is 24.0 Å². The average molecular weight is 480 g/mol. The van der Waals surface area contributed by atoms with Gasteiger partial charge in [-0.2, -0.15) is 0 Å². The molecule has 2 rings (SSSR count). The van der Waals surface area contributed by atoms with Crippen LogP contribution in [-0.4, -0.2) is 62.3 Å². The molecule has 0 aromatic carbocycles. The van der Waals surface area contributed by atoms with E-state index in [1.54, 1.807) is 0 Å². The van der Waals surface area contributed by atoms with Crippen LogP contribution in [0.4, 0.5) is 0 Å². The molecule has 1 aliphatic carbocycles. The van der Waals surface area contributed by atoms with Gasteiger partial charge in [-0.15, -0.1) is 24.0 Å². The van der Waals surface area contributed by atoms with Crippen molar-refractivity contribution in [1.82, 2.24) is 15.5 Å². The van der Waals surface area contributed by atoms with Gasteiger partial charge in [0.15, 0.2) is 5.96 Å². The first-order valence-electron chi connectivity index (χ1n) is 10.4. The van der Waals surface area contributed by atoms with Gasteiger partial charge in [-0.05, 0) is 78.3 Å². The number of nitrogens with zero attached hydrogens (tertiary/aromatic N) is 2. The van der Waals surface area contributed by atoms with Gasteiger partial charge in [0, 0.05) is 31.8 Å². The standard InChI is InChI=1S/C20H40N4O.HI/c1-5-21-18(23-17-20(10-11-20)12-15-25-6-2)22-16-19(3,4)24-13-8-7-9-14-24;/h5-17H2,1-4H3,(H2,21,22,23);1H. The van der Waals surface area contributed by atoms with Gasteiger partial charge in [-0.1, -0.05) is 6.42 Å². The van der Waals surface area contributed by atoms with E-state index in [1.165, 1.54) is 45.2 Å². The molecule has 5 nitrogen and oxygen atoms in total. The Bertz CT molecular complexity index is 418. The topological polar surface area (TPSA) is 48.9 Å². The minimum absolute atomic E-state index is 0. The largest absolute Gasteiger partial charge is 0.382 e. The molecule has 0 spiro atoms. The fraction of sp³-hybridized carbons (Fsp3) is 0.950. The van der Waals surface area contributed by atoms with Gasteiger partial charge < -0.3 is 15.4 Å². The van der Waals surface area contributed by atoms with Crippen molar-refractivity contribution in [2.45, 2.75) is 71.8 Å². The molecule has 154 valence electrons. The Morgan fingerprint density at radius 1 is 1.12 bits per heavy atom. The first kappa shape index (κ1) is 24.0. The van der Waals surface area contributed by atoms with Gasteiger partial charge in [-0.3, -0.25) is 9.89 Å². The molecule has 0 aromatic rings. The lowest BCUT2D eigenvalue weighted by Gasteiger charge is -2.40. The summed E-state index contributed by atoms with van der Waals surface area (Å²) in [6.45, 7) is 15.7. The molecule has 26 heavy (non-hydrogen) atoms. The van der Waals surface area contributed by atoms with Gasteiger partial charge in [0.1, 0.15) is 0 Å². The van der Waals surface area contributed by atoms with Crippen molar-refractivity contribution in [2.24, 2.45) is 10.4 Å². The van der Waals surface area contributed by atoms with Crippen LogP contribution in [0.2, 0.25) is 0 Å². The van der Waals surface area contributed by atoms with Crippen LogP contribution < -0.4 is 10.6 Å². The van der Waals surface area contributed by atoms with Gasteiger partial charge >= 0.3 is 0 Å². The molecule has 2 N–H and O–H groups in total. The Morgan fingerprint density at radius 2 is 1.81 bits per heavy atom.